The van der Waals surface area contributed by atoms with E-state index in [1.807, 2.05) is 0 Å². The monoisotopic (exact) mass is 342 g/mol. The number of hydrogen-bond acceptors (Lipinski definition) is 6. The smallest absolute Gasteiger partial charge is 0.344 e. The van der Waals surface area contributed by atoms with Crippen LogP contribution in [-0.4, -0.2) is 28.4 Å². The van der Waals surface area contributed by atoms with Crippen LogP contribution in [0, 0.1) is 0 Å². The molecule has 6 heteroatoms. The van der Waals surface area contributed by atoms with Gasteiger partial charge in [0.1, 0.15) is 17.2 Å². The molecular formula is C19H18O6. The van der Waals surface area contributed by atoms with E-state index >= 15 is 0 Å². The largest absolute Gasteiger partial charge is 0.497 e. The van der Waals surface area contributed by atoms with Gasteiger partial charge >= 0.3 is 5.63 Å². The molecule has 0 amide bonds. The van der Waals surface area contributed by atoms with Gasteiger partial charge in [-0.15, -0.1) is 0 Å². The summed E-state index contributed by atoms with van der Waals surface area (Å²) >= 11 is 0. The lowest BCUT2D eigenvalue weighted by Gasteiger charge is -2.10. The highest BCUT2D eigenvalue weighted by Crippen LogP contribution is 2.34. The van der Waals surface area contributed by atoms with Crippen LogP contribution in [0.3, 0.4) is 0 Å². The fourth-order valence-electron chi connectivity index (χ4n) is 2.61. The van der Waals surface area contributed by atoms with Crippen molar-refractivity contribution < 1.29 is 23.4 Å². The molecule has 3 rings (SSSR count). The number of benzene rings is 2. The molecule has 0 radical (unpaired) electrons. The van der Waals surface area contributed by atoms with Crippen molar-refractivity contribution in [3.05, 3.63) is 46.8 Å². The summed E-state index contributed by atoms with van der Waals surface area (Å²) in [5.74, 6) is 2.20. The molecule has 1 heterocycles. The first-order chi connectivity index (χ1) is 12.1. The third-order valence-electron chi connectivity index (χ3n) is 3.89. The van der Waals surface area contributed by atoms with Crippen LogP contribution in [0.1, 0.15) is 0 Å². The van der Waals surface area contributed by atoms with Gasteiger partial charge in [-0.1, -0.05) is 0 Å². The van der Waals surface area contributed by atoms with Gasteiger partial charge in [-0.25, -0.2) is 4.79 Å². The first-order valence-electron chi connectivity index (χ1n) is 7.53. The Balaban J connectivity index is 2.27. The lowest BCUT2D eigenvalue weighted by Crippen LogP contribution is -2.04. The summed E-state index contributed by atoms with van der Waals surface area (Å²) in [6.07, 6.45) is 0. The summed E-state index contributed by atoms with van der Waals surface area (Å²) in [6, 6.07) is 10.4. The van der Waals surface area contributed by atoms with E-state index in [-0.39, 0.29) is 0 Å². The number of methoxy groups -OCH3 is 4. The Morgan fingerprint density at radius 3 is 1.88 bits per heavy atom. The minimum absolute atomic E-state index is 0.368. The van der Waals surface area contributed by atoms with Gasteiger partial charge in [0, 0.05) is 17.5 Å². The van der Waals surface area contributed by atoms with Crippen LogP contribution in [0.2, 0.25) is 0 Å². The Hall–Kier alpha value is -3.15. The fraction of sp³-hybridized carbons (Fsp3) is 0.211. The molecule has 1 aromatic heterocycles. The molecule has 6 nitrogen and oxygen atoms in total. The maximum absolute atomic E-state index is 12.5. The van der Waals surface area contributed by atoms with E-state index in [1.165, 1.54) is 7.11 Å². The average molecular weight is 342 g/mol. The molecule has 0 spiro atoms. The van der Waals surface area contributed by atoms with Crippen LogP contribution in [0.5, 0.6) is 23.0 Å². The molecule has 2 aromatic carbocycles. The molecule has 0 N–H and O–H groups in total. The van der Waals surface area contributed by atoms with Crippen molar-refractivity contribution in [2.24, 2.45) is 0 Å². The molecule has 130 valence electrons. The second-order valence-corrected chi connectivity index (χ2v) is 5.30. The minimum Gasteiger partial charge on any atom is -0.497 e. The van der Waals surface area contributed by atoms with E-state index in [9.17, 15) is 4.79 Å². The van der Waals surface area contributed by atoms with E-state index in [2.05, 4.69) is 0 Å². The maximum Gasteiger partial charge on any atom is 0.344 e. The molecule has 0 unspecified atom stereocenters. The zero-order valence-electron chi connectivity index (χ0n) is 14.4. The van der Waals surface area contributed by atoms with E-state index < -0.39 is 5.63 Å². The van der Waals surface area contributed by atoms with Crippen LogP contribution in [-0.2, 0) is 0 Å². The lowest BCUT2D eigenvalue weighted by molar-refractivity contribution is 0.390. The van der Waals surface area contributed by atoms with Crippen molar-refractivity contribution in [2.75, 3.05) is 28.4 Å². The molecule has 0 bridgehead atoms. The predicted molar refractivity (Wildman–Crippen MR) is 94.1 cm³/mol. The Kier molecular flexibility index (Phi) is 4.52. The first kappa shape index (κ1) is 16.7. The Bertz CT molecular complexity index is 951. The van der Waals surface area contributed by atoms with Gasteiger partial charge in [0.15, 0.2) is 11.3 Å². The van der Waals surface area contributed by atoms with E-state index in [4.69, 9.17) is 23.4 Å². The first-order valence-corrected chi connectivity index (χ1v) is 7.53. The standard InChI is InChI=1S/C19H18O6/c1-21-13-5-11(6-14(9-13)22-2)16-8-12-7-15(23-3)10-17(24-4)18(12)25-19(16)20/h5-10H,1-4H3. The molecule has 3 aromatic rings. The van der Waals surface area contributed by atoms with Gasteiger partial charge in [-0.2, -0.15) is 0 Å². The molecule has 0 saturated heterocycles. The highest BCUT2D eigenvalue weighted by molar-refractivity contribution is 5.87. The van der Waals surface area contributed by atoms with Crippen LogP contribution in [0.4, 0.5) is 0 Å². The maximum atomic E-state index is 12.5. The van der Waals surface area contributed by atoms with Gasteiger partial charge in [0.2, 0.25) is 0 Å². The molecule has 25 heavy (non-hydrogen) atoms. The summed E-state index contributed by atoms with van der Waals surface area (Å²) < 4.78 is 26.6. The number of fused-ring (bicyclic) bond motifs is 1. The summed E-state index contributed by atoms with van der Waals surface area (Å²) in [6.45, 7) is 0. The second-order valence-electron chi connectivity index (χ2n) is 5.30. The summed E-state index contributed by atoms with van der Waals surface area (Å²) in [5, 5.41) is 0.688. The normalized spacial score (nSPS) is 10.6. The van der Waals surface area contributed by atoms with Crippen molar-refractivity contribution in [3.8, 4) is 34.1 Å². The topological polar surface area (TPSA) is 67.1 Å². The van der Waals surface area contributed by atoms with Gasteiger partial charge in [-0.05, 0) is 29.8 Å². The van der Waals surface area contributed by atoms with Crippen molar-refractivity contribution in [3.63, 3.8) is 0 Å². The van der Waals surface area contributed by atoms with Crippen molar-refractivity contribution in [1.82, 2.24) is 0 Å². The van der Waals surface area contributed by atoms with Crippen LogP contribution in [0.15, 0.2) is 45.6 Å². The van der Waals surface area contributed by atoms with Gasteiger partial charge in [0.05, 0.1) is 34.0 Å². The van der Waals surface area contributed by atoms with E-state index in [1.54, 1.807) is 57.7 Å². The molecule has 0 aliphatic heterocycles. The van der Waals surface area contributed by atoms with Crippen molar-refractivity contribution in [2.45, 2.75) is 0 Å². The molecule has 0 atom stereocenters. The fourth-order valence-corrected chi connectivity index (χ4v) is 2.61. The molecule has 0 aliphatic carbocycles. The summed E-state index contributed by atoms with van der Waals surface area (Å²) in [7, 11) is 6.18. The van der Waals surface area contributed by atoms with Crippen LogP contribution < -0.4 is 24.6 Å². The number of rotatable bonds is 5. The second kappa shape index (κ2) is 6.76. The zero-order chi connectivity index (χ0) is 18.0. The third kappa shape index (κ3) is 3.10. The van der Waals surface area contributed by atoms with E-state index in [0.29, 0.717) is 45.1 Å². The number of ether oxygens (including phenoxy) is 4. The van der Waals surface area contributed by atoms with Gasteiger partial charge in [0.25, 0.3) is 0 Å². The van der Waals surface area contributed by atoms with Gasteiger partial charge < -0.3 is 23.4 Å². The van der Waals surface area contributed by atoms with Crippen molar-refractivity contribution >= 4 is 11.0 Å². The molecular weight excluding hydrogens is 324 g/mol. The Morgan fingerprint density at radius 1 is 0.720 bits per heavy atom. The summed E-state index contributed by atoms with van der Waals surface area (Å²) in [4.78, 5) is 12.5. The molecule has 0 saturated carbocycles. The molecule has 0 fully saturated rings. The zero-order valence-corrected chi connectivity index (χ0v) is 14.4. The van der Waals surface area contributed by atoms with E-state index in [0.717, 1.165) is 0 Å². The van der Waals surface area contributed by atoms with Gasteiger partial charge in [-0.3, -0.25) is 0 Å². The van der Waals surface area contributed by atoms with Crippen LogP contribution >= 0.6 is 0 Å². The Labute approximate surface area is 144 Å². The quantitative estimate of drug-likeness (QED) is 0.661. The minimum atomic E-state index is -0.480. The third-order valence-corrected chi connectivity index (χ3v) is 3.89. The highest BCUT2D eigenvalue weighted by Gasteiger charge is 2.14. The SMILES string of the molecule is COc1cc(OC)cc(-c2cc3cc(OC)cc(OC)c3oc2=O)c1. The average Bonchev–Trinajstić information content (AvgIpc) is 2.66. The van der Waals surface area contributed by atoms with Crippen LogP contribution in [0.25, 0.3) is 22.1 Å². The Morgan fingerprint density at radius 2 is 1.32 bits per heavy atom. The number of hydrogen-bond donors (Lipinski definition) is 0. The highest BCUT2D eigenvalue weighted by atomic mass is 16.5. The lowest BCUT2D eigenvalue weighted by atomic mass is 10.0. The summed E-state index contributed by atoms with van der Waals surface area (Å²) in [5.41, 5.74) is 0.909. The van der Waals surface area contributed by atoms with Crippen molar-refractivity contribution in [1.29, 1.82) is 0 Å². The molecule has 0 aliphatic rings. The predicted octanol–water partition coefficient (Wildman–Crippen LogP) is 3.49.